The van der Waals surface area contributed by atoms with Gasteiger partial charge in [0.05, 0.1) is 18.1 Å². The Morgan fingerprint density at radius 3 is 2.48 bits per heavy atom. The summed E-state index contributed by atoms with van der Waals surface area (Å²) in [6, 6.07) is 17.8. The first-order chi connectivity index (χ1) is 23.5. The van der Waals surface area contributed by atoms with Crippen LogP contribution in [0.3, 0.4) is 0 Å². The van der Waals surface area contributed by atoms with Crippen molar-refractivity contribution in [2.75, 3.05) is 23.4 Å². The van der Waals surface area contributed by atoms with Crippen LogP contribution in [0.25, 0.3) is 11.1 Å². The van der Waals surface area contributed by atoms with Crippen molar-refractivity contribution >= 4 is 11.4 Å². The third kappa shape index (κ3) is 4.76. The van der Waals surface area contributed by atoms with Gasteiger partial charge in [-0.05, 0) is 114 Å². The highest BCUT2D eigenvalue weighted by Crippen LogP contribution is 2.58. The first-order valence-corrected chi connectivity index (χ1v) is 18.5. The highest BCUT2D eigenvalue weighted by atomic mass is 15.3. The summed E-state index contributed by atoms with van der Waals surface area (Å²) in [6.45, 7) is 6.08. The van der Waals surface area contributed by atoms with Gasteiger partial charge in [-0.25, -0.2) is 0 Å². The van der Waals surface area contributed by atoms with Crippen LogP contribution in [0.4, 0.5) is 11.4 Å². The Bertz CT molecular complexity index is 1840. The van der Waals surface area contributed by atoms with Crippen molar-refractivity contribution in [3.63, 3.8) is 0 Å². The van der Waals surface area contributed by atoms with Gasteiger partial charge in [-0.15, -0.1) is 0 Å². The van der Waals surface area contributed by atoms with Crippen LogP contribution in [0.2, 0.25) is 0 Å². The van der Waals surface area contributed by atoms with Crippen LogP contribution >= 0.6 is 0 Å². The summed E-state index contributed by atoms with van der Waals surface area (Å²) in [6.07, 6.45) is 38.0. The van der Waals surface area contributed by atoms with Crippen LogP contribution in [0, 0.1) is 17.3 Å². The molecule has 5 aliphatic carbocycles. The lowest BCUT2D eigenvalue weighted by molar-refractivity contribution is 0.290. The molecule has 0 aromatic heterocycles. The summed E-state index contributed by atoms with van der Waals surface area (Å²) < 4.78 is 0. The Hall–Kier alpha value is -4.24. The van der Waals surface area contributed by atoms with Gasteiger partial charge < -0.3 is 14.7 Å². The van der Waals surface area contributed by atoms with E-state index in [0.717, 1.165) is 25.8 Å². The molecule has 3 nitrogen and oxygen atoms in total. The van der Waals surface area contributed by atoms with E-state index in [-0.39, 0.29) is 5.41 Å². The Kier molecular flexibility index (Phi) is 7.29. The number of rotatable bonds is 5. The van der Waals surface area contributed by atoms with Gasteiger partial charge in [-0.1, -0.05) is 105 Å². The average Bonchev–Trinajstić information content (AvgIpc) is 3.58. The minimum absolute atomic E-state index is 0.171. The van der Waals surface area contributed by atoms with Gasteiger partial charge in [0, 0.05) is 30.9 Å². The van der Waals surface area contributed by atoms with Gasteiger partial charge in [0.15, 0.2) is 0 Å². The number of fused-ring (bicyclic) bond motifs is 6. The molecule has 0 saturated heterocycles. The fourth-order valence-corrected chi connectivity index (χ4v) is 10.1. The summed E-state index contributed by atoms with van der Waals surface area (Å²) in [5.41, 5.74) is 10.1. The van der Waals surface area contributed by atoms with Gasteiger partial charge in [-0.3, -0.25) is 0 Å². The van der Waals surface area contributed by atoms with Crippen LogP contribution in [0.5, 0.6) is 0 Å². The molecule has 2 heterocycles. The number of benzene rings is 2. The molecule has 0 spiro atoms. The molecule has 0 radical (unpaired) electrons. The number of hydrogen-bond acceptors (Lipinski definition) is 3. The monoisotopic (exact) mass is 631 g/mol. The minimum Gasteiger partial charge on any atom is -0.361 e. The van der Waals surface area contributed by atoms with Gasteiger partial charge in [0.2, 0.25) is 0 Å². The molecule has 48 heavy (non-hydrogen) atoms. The molecule has 9 rings (SSSR count). The SMILES string of the molecule is CN1CCCC=C1N(c1ccc(-c2ccc3c(c2)C2C=CC=CC2N3C2C=CC=CC2)cc1)C1C=C2C(=CC1)C1CCC=CC1C2(C)C. The molecule has 0 amide bonds. The highest BCUT2D eigenvalue weighted by molar-refractivity contribution is 5.76. The van der Waals surface area contributed by atoms with E-state index >= 15 is 0 Å². The molecule has 6 unspecified atom stereocenters. The second kappa shape index (κ2) is 11.7. The molecule has 0 N–H and O–H groups in total. The molecule has 3 heteroatoms. The zero-order valence-corrected chi connectivity index (χ0v) is 28.8. The van der Waals surface area contributed by atoms with E-state index < -0.39 is 0 Å². The minimum atomic E-state index is 0.171. The van der Waals surface area contributed by atoms with Crippen LogP contribution < -0.4 is 9.80 Å². The van der Waals surface area contributed by atoms with Crippen LogP contribution in [0.1, 0.15) is 63.9 Å². The molecule has 7 aliphatic rings. The first-order valence-electron chi connectivity index (χ1n) is 18.5. The van der Waals surface area contributed by atoms with Gasteiger partial charge >= 0.3 is 0 Å². The molecule has 6 atom stereocenters. The molecule has 1 saturated carbocycles. The maximum atomic E-state index is 2.66. The molecule has 2 aliphatic heterocycles. The van der Waals surface area contributed by atoms with Crippen molar-refractivity contribution in [1.82, 2.24) is 4.90 Å². The second-order valence-corrected chi connectivity index (χ2v) is 15.5. The van der Waals surface area contributed by atoms with Crippen molar-refractivity contribution < 1.29 is 0 Å². The van der Waals surface area contributed by atoms with Crippen molar-refractivity contribution in [2.24, 2.45) is 17.3 Å². The fraction of sp³-hybridized carbons (Fsp3) is 0.378. The van der Waals surface area contributed by atoms with E-state index in [1.807, 2.05) is 0 Å². The van der Waals surface area contributed by atoms with E-state index in [1.54, 1.807) is 11.1 Å². The molecule has 1 fully saturated rings. The van der Waals surface area contributed by atoms with E-state index in [1.165, 1.54) is 53.1 Å². The number of anilines is 2. The van der Waals surface area contributed by atoms with Gasteiger partial charge in [-0.2, -0.15) is 0 Å². The topological polar surface area (TPSA) is 9.72 Å². The molecule has 2 aromatic rings. The lowest BCUT2D eigenvalue weighted by atomic mass is 9.73. The Balaban J connectivity index is 1.05. The van der Waals surface area contributed by atoms with Crippen LogP contribution in [0.15, 0.2) is 138 Å². The van der Waals surface area contributed by atoms with Crippen LogP contribution in [-0.4, -0.2) is 36.6 Å². The Morgan fingerprint density at radius 1 is 0.812 bits per heavy atom. The maximum absolute atomic E-state index is 2.66. The second-order valence-electron chi connectivity index (χ2n) is 15.5. The van der Waals surface area contributed by atoms with Gasteiger partial charge in [0.25, 0.3) is 0 Å². The number of allylic oxidation sites excluding steroid dienone is 9. The molecule has 244 valence electrons. The highest BCUT2D eigenvalue weighted by Gasteiger charge is 2.49. The molecular formula is C45H49N3. The van der Waals surface area contributed by atoms with Crippen molar-refractivity contribution in [1.29, 1.82) is 0 Å². The first kappa shape index (κ1) is 29.9. The zero-order valence-electron chi connectivity index (χ0n) is 28.8. The average molecular weight is 632 g/mol. The predicted molar refractivity (Wildman–Crippen MR) is 202 cm³/mol. The third-order valence-corrected chi connectivity index (χ3v) is 12.5. The quantitative estimate of drug-likeness (QED) is 0.304. The normalized spacial score (nSPS) is 30.7. The van der Waals surface area contributed by atoms with Crippen molar-refractivity contribution in [2.45, 2.75) is 76.4 Å². The summed E-state index contributed by atoms with van der Waals surface area (Å²) >= 11 is 0. The fourth-order valence-electron chi connectivity index (χ4n) is 10.1. The van der Waals surface area contributed by atoms with E-state index in [4.69, 9.17) is 0 Å². The Morgan fingerprint density at radius 2 is 1.65 bits per heavy atom. The predicted octanol–water partition coefficient (Wildman–Crippen LogP) is 10.3. The van der Waals surface area contributed by atoms with Crippen molar-refractivity contribution in [3.8, 4) is 11.1 Å². The Labute approximate surface area is 287 Å². The molecule has 2 aromatic carbocycles. The van der Waals surface area contributed by atoms with Gasteiger partial charge in [0.1, 0.15) is 5.82 Å². The summed E-state index contributed by atoms with van der Waals surface area (Å²) in [5.74, 6) is 3.06. The summed E-state index contributed by atoms with van der Waals surface area (Å²) in [4.78, 5) is 7.77. The lowest BCUT2D eigenvalue weighted by Crippen LogP contribution is -2.42. The van der Waals surface area contributed by atoms with E-state index in [2.05, 4.69) is 157 Å². The standard InChI is InChI=1S/C45H49N3/c1-45(2)40-17-9-7-15-36(40)37-26-25-35(30-41(37)45)47(44-19-11-12-28-46(44)3)34-23-20-31(21-24-34)32-22-27-43-39(29-32)38-16-8-10-18-42(38)48(43)33-13-5-4-6-14-33/h4-6,8-10,13,16-24,26-27,29-30,33,35-36,38,40,42H,7,11-12,14-15,25,28H2,1-3H3. The number of hydrogen-bond donors (Lipinski definition) is 0. The maximum Gasteiger partial charge on any atom is 0.105 e. The summed E-state index contributed by atoms with van der Waals surface area (Å²) in [5, 5.41) is 0. The van der Waals surface area contributed by atoms with Crippen molar-refractivity contribution in [3.05, 3.63) is 144 Å². The van der Waals surface area contributed by atoms with Crippen LogP contribution in [-0.2, 0) is 0 Å². The zero-order chi connectivity index (χ0) is 32.4. The lowest BCUT2D eigenvalue weighted by Gasteiger charge is -2.41. The number of nitrogens with zero attached hydrogens (tertiary/aromatic N) is 3. The molecule has 0 bridgehead atoms. The van der Waals surface area contributed by atoms with E-state index in [0.29, 0.717) is 35.9 Å². The largest absolute Gasteiger partial charge is 0.361 e. The third-order valence-electron chi connectivity index (χ3n) is 12.5. The smallest absolute Gasteiger partial charge is 0.105 e. The van der Waals surface area contributed by atoms with E-state index in [9.17, 15) is 0 Å². The molecular weight excluding hydrogens is 583 g/mol. The summed E-state index contributed by atoms with van der Waals surface area (Å²) in [7, 11) is 2.28.